The summed E-state index contributed by atoms with van der Waals surface area (Å²) in [5, 5.41) is 14.1. The van der Waals surface area contributed by atoms with E-state index in [-0.39, 0.29) is 11.3 Å². The molecule has 1 N–H and O–H groups in total. The first-order valence-electron chi connectivity index (χ1n) is 8.48. The monoisotopic (exact) mass is 412 g/mol. The van der Waals surface area contributed by atoms with Crippen LogP contribution in [0.1, 0.15) is 12.2 Å². The summed E-state index contributed by atoms with van der Waals surface area (Å²) in [7, 11) is 0. The van der Waals surface area contributed by atoms with E-state index in [4.69, 9.17) is 25.9 Å². The number of fused-ring (bicyclic) bond motifs is 3. The molecule has 4 rings (SSSR count). The van der Waals surface area contributed by atoms with E-state index in [1.807, 2.05) is 0 Å². The van der Waals surface area contributed by atoms with Gasteiger partial charge in [0.05, 0.1) is 5.69 Å². The number of nitrogens with zero attached hydrogens (tertiary/aromatic N) is 2. The average Bonchev–Trinajstić information content (AvgIpc) is 3.00. The van der Waals surface area contributed by atoms with E-state index in [9.17, 15) is 14.4 Å². The molecule has 0 radical (unpaired) electrons. The van der Waals surface area contributed by atoms with E-state index in [1.54, 1.807) is 37.3 Å². The predicted octanol–water partition coefficient (Wildman–Crippen LogP) is 3.43. The van der Waals surface area contributed by atoms with Crippen molar-refractivity contribution in [2.45, 2.75) is 13.3 Å². The van der Waals surface area contributed by atoms with E-state index in [2.05, 4.69) is 5.10 Å². The molecule has 0 atom stereocenters. The Hall–Kier alpha value is -3.65. The highest BCUT2D eigenvalue weighted by Crippen LogP contribution is 2.33. The van der Waals surface area contributed by atoms with Gasteiger partial charge in [-0.3, -0.25) is 14.4 Å². The Kier molecular flexibility index (Phi) is 4.56. The molecule has 0 unspecified atom stereocenters. The van der Waals surface area contributed by atoms with Crippen LogP contribution < -0.4 is 10.3 Å². The zero-order valence-electron chi connectivity index (χ0n) is 15.0. The number of rotatable bonds is 4. The molecule has 0 aliphatic carbocycles. The van der Waals surface area contributed by atoms with Crippen LogP contribution in [0.2, 0.25) is 5.02 Å². The molecule has 2 heterocycles. The van der Waals surface area contributed by atoms with Crippen LogP contribution in [-0.4, -0.2) is 26.8 Å². The molecule has 29 heavy (non-hydrogen) atoms. The van der Waals surface area contributed by atoms with Crippen LogP contribution in [0.5, 0.6) is 5.75 Å². The summed E-state index contributed by atoms with van der Waals surface area (Å²) in [5.41, 5.74) is 1.28. The molecule has 9 heteroatoms. The number of halogens is 1. The van der Waals surface area contributed by atoms with Crippen LogP contribution in [0.4, 0.5) is 0 Å². The van der Waals surface area contributed by atoms with Crippen molar-refractivity contribution in [3.05, 3.63) is 63.6 Å². The first kappa shape index (κ1) is 18.7. The Labute approximate surface area is 168 Å². The van der Waals surface area contributed by atoms with Crippen molar-refractivity contribution in [1.82, 2.24) is 9.78 Å². The lowest BCUT2D eigenvalue weighted by Gasteiger charge is -2.08. The van der Waals surface area contributed by atoms with Gasteiger partial charge in [0.15, 0.2) is 0 Å². The summed E-state index contributed by atoms with van der Waals surface area (Å²) in [6, 6.07) is 11.2. The van der Waals surface area contributed by atoms with Crippen molar-refractivity contribution in [2.75, 3.05) is 0 Å². The molecule has 0 amide bonds. The molecule has 8 nitrogen and oxygen atoms in total. The van der Waals surface area contributed by atoms with Crippen LogP contribution >= 0.6 is 11.6 Å². The number of carboxylic acids is 1. The number of aromatic nitrogens is 2. The van der Waals surface area contributed by atoms with Gasteiger partial charge in [-0.15, -0.1) is 0 Å². The molecule has 0 bridgehead atoms. The maximum absolute atomic E-state index is 12.9. The number of ether oxygens (including phenoxy) is 1. The maximum atomic E-state index is 12.9. The highest BCUT2D eigenvalue weighted by atomic mass is 35.5. The lowest BCUT2D eigenvalue weighted by molar-refractivity contribution is -0.145. The van der Waals surface area contributed by atoms with Gasteiger partial charge in [-0.2, -0.15) is 9.78 Å². The molecule has 0 saturated heterocycles. The van der Waals surface area contributed by atoms with Crippen molar-refractivity contribution in [3.63, 3.8) is 0 Å². The number of esters is 1. The zero-order chi connectivity index (χ0) is 20.7. The minimum atomic E-state index is -1.29. The summed E-state index contributed by atoms with van der Waals surface area (Å²) >= 11 is 5.91. The van der Waals surface area contributed by atoms with Crippen molar-refractivity contribution in [1.29, 1.82) is 0 Å². The van der Waals surface area contributed by atoms with E-state index in [0.717, 1.165) is 0 Å². The molecule has 2 aromatic rings. The number of aliphatic carboxylic acids is 1. The van der Waals surface area contributed by atoms with Crippen LogP contribution in [0.25, 0.3) is 27.9 Å². The number of hydrogen-bond donors (Lipinski definition) is 1. The SMILES string of the molecule is Cc1oc2ccc(OC(=O)CC(=O)O)cc2c2nn(-c3ccc(Cl)cc3)c(=O)c1-2. The third-order valence-electron chi connectivity index (χ3n) is 4.26. The number of carbonyl (C=O) groups excluding carboxylic acids is 1. The quantitative estimate of drug-likeness (QED) is 0.310. The Morgan fingerprint density at radius 3 is 2.62 bits per heavy atom. The number of hydrogen-bond acceptors (Lipinski definition) is 6. The fourth-order valence-electron chi connectivity index (χ4n) is 3.02. The summed E-state index contributed by atoms with van der Waals surface area (Å²) in [5.74, 6) is -1.68. The Balaban J connectivity index is 1.87. The second kappa shape index (κ2) is 7.06. The lowest BCUT2D eigenvalue weighted by Crippen LogP contribution is -2.14. The van der Waals surface area contributed by atoms with Gasteiger partial charge in [0, 0.05) is 10.4 Å². The Morgan fingerprint density at radius 1 is 1.21 bits per heavy atom. The van der Waals surface area contributed by atoms with Gasteiger partial charge in [0.1, 0.15) is 34.8 Å². The van der Waals surface area contributed by atoms with E-state index < -0.39 is 18.4 Å². The first-order chi connectivity index (χ1) is 13.8. The van der Waals surface area contributed by atoms with Crippen molar-refractivity contribution >= 4 is 34.5 Å². The molecule has 2 aliphatic heterocycles. The predicted molar refractivity (Wildman–Crippen MR) is 104 cm³/mol. The average molecular weight is 413 g/mol. The molecule has 2 aromatic carbocycles. The molecule has 0 saturated carbocycles. The Morgan fingerprint density at radius 2 is 1.93 bits per heavy atom. The van der Waals surface area contributed by atoms with Gasteiger partial charge in [0.25, 0.3) is 5.56 Å². The van der Waals surface area contributed by atoms with Crippen molar-refractivity contribution in [2.24, 2.45) is 0 Å². The van der Waals surface area contributed by atoms with Gasteiger partial charge in [0.2, 0.25) is 0 Å². The molecule has 0 fully saturated rings. The molecule has 0 spiro atoms. The fraction of sp³-hybridized carbons (Fsp3) is 0.100. The molecule has 0 aromatic heterocycles. The number of carboxylic acid groups (broad SMARTS) is 1. The van der Waals surface area contributed by atoms with Crippen LogP contribution in [-0.2, 0) is 9.59 Å². The van der Waals surface area contributed by atoms with Crippen LogP contribution in [0, 0.1) is 6.92 Å². The molecular formula is C20H13ClN2O6. The minimum absolute atomic E-state index is 0.123. The fourth-order valence-corrected chi connectivity index (χ4v) is 3.15. The lowest BCUT2D eigenvalue weighted by atomic mass is 10.1. The van der Waals surface area contributed by atoms with Gasteiger partial charge < -0.3 is 14.3 Å². The summed E-state index contributed by atoms with van der Waals surface area (Å²) < 4.78 is 12.0. The first-order valence-corrected chi connectivity index (χ1v) is 8.86. The van der Waals surface area contributed by atoms with Crippen molar-refractivity contribution < 1.29 is 23.8 Å². The highest BCUT2D eigenvalue weighted by Gasteiger charge is 2.24. The number of carbonyl (C=O) groups is 2. The summed E-state index contributed by atoms with van der Waals surface area (Å²) in [4.78, 5) is 35.2. The van der Waals surface area contributed by atoms with E-state index >= 15 is 0 Å². The van der Waals surface area contributed by atoms with Gasteiger partial charge in [-0.1, -0.05) is 11.6 Å². The van der Waals surface area contributed by atoms with Gasteiger partial charge in [-0.05, 0) is 49.4 Å². The second-order valence-electron chi connectivity index (χ2n) is 6.28. The molecular weight excluding hydrogens is 400 g/mol. The third kappa shape index (κ3) is 3.45. The normalized spacial score (nSPS) is 11.1. The maximum Gasteiger partial charge on any atom is 0.322 e. The van der Waals surface area contributed by atoms with Crippen LogP contribution in [0.3, 0.4) is 0 Å². The van der Waals surface area contributed by atoms with Crippen LogP contribution in [0.15, 0.2) is 51.7 Å². The zero-order valence-corrected chi connectivity index (χ0v) is 15.8. The largest absolute Gasteiger partial charge is 0.481 e. The van der Waals surface area contributed by atoms with E-state index in [1.165, 1.54) is 16.8 Å². The van der Waals surface area contributed by atoms with E-state index in [0.29, 0.717) is 38.7 Å². The third-order valence-corrected chi connectivity index (χ3v) is 4.51. The topological polar surface area (TPSA) is 112 Å². The van der Waals surface area contributed by atoms with Gasteiger partial charge in [-0.25, -0.2) is 0 Å². The van der Waals surface area contributed by atoms with Gasteiger partial charge >= 0.3 is 11.9 Å². The second-order valence-corrected chi connectivity index (χ2v) is 6.71. The standard InChI is InChI=1S/C20H13ClN2O6/c1-10-18-19(22-23(20(18)27)12-4-2-11(21)3-5-12)14-8-13(6-7-15(14)28-10)29-17(26)9-16(24)25/h2-8H,9H2,1H3,(H,24,25). The smallest absolute Gasteiger partial charge is 0.322 e. The van der Waals surface area contributed by atoms with Crippen molar-refractivity contribution in [3.8, 4) is 22.7 Å². The number of benzene rings is 2. The number of aryl methyl sites for hydroxylation is 1. The summed E-state index contributed by atoms with van der Waals surface area (Å²) in [6.45, 7) is 1.66. The summed E-state index contributed by atoms with van der Waals surface area (Å²) in [6.07, 6.45) is -0.762. The minimum Gasteiger partial charge on any atom is -0.481 e. The molecule has 2 aliphatic rings. The Bertz CT molecular complexity index is 1290. The highest BCUT2D eigenvalue weighted by molar-refractivity contribution is 6.30. The molecule has 146 valence electrons.